The molecule has 1 fully saturated rings. The normalized spacial score (nSPS) is 16.8. The summed E-state index contributed by atoms with van der Waals surface area (Å²) in [6.07, 6.45) is 3.59. The van der Waals surface area contributed by atoms with Gasteiger partial charge >= 0.3 is 0 Å². The lowest BCUT2D eigenvalue weighted by atomic mass is 10.1. The van der Waals surface area contributed by atoms with Crippen LogP contribution in [0.4, 0.5) is 10.8 Å². The van der Waals surface area contributed by atoms with Gasteiger partial charge in [0.15, 0.2) is 11.0 Å². The standard InChI is InChI=1S/C17H19N7OS/c1-2-24-15(20-21-22-24)12-5-3-6-13(11-12)19-16(25)14-7-4-9-23(14)17-18-8-10-26-17/h3,5-6,8,10-11,14H,2,4,7,9H2,1H3,(H,19,25). The van der Waals surface area contributed by atoms with Crippen molar-refractivity contribution >= 4 is 28.1 Å². The summed E-state index contributed by atoms with van der Waals surface area (Å²) >= 11 is 1.56. The van der Waals surface area contributed by atoms with Gasteiger partial charge in [-0.05, 0) is 42.3 Å². The first-order valence-corrected chi connectivity index (χ1v) is 9.48. The van der Waals surface area contributed by atoms with Crippen LogP contribution in [0, 0.1) is 0 Å². The molecule has 0 radical (unpaired) electrons. The summed E-state index contributed by atoms with van der Waals surface area (Å²) in [5.41, 5.74) is 1.61. The molecule has 3 heterocycles. The molecule has 0 bridgehead atoms. The van der Waals surface area contributed by atoms with E-state index in [1.165, 1.54) is 0 Å². The summed E-state index contributed by atoms with van der Waals surface area (Å²) in [6.45, 7) is 3.53. The van der Waals surface area contributed by atoms with Crippen LogP contribution in [0.25, 0.3) is 11.4 Å². The van der Waals surface area contributed by atoms with Gasteiger partial charge in [-0.3, -0.25) is 4.79 Å². The fourth-order valence-corrected chi connectivity index (χ4v) is 3.93. The monoisotopic (exact) mass is 369 g/mol. The number of tetrazole rings is 1. The molecule has 1 saturated heterocycles. The predicted octanol–water partition coefficient (Wildman–Crippen LogP) is 2.42. The number of benzene rings is 1. The number of nitrogens with one attached hydrogen (secondary N) is 1. The van der Waals surface area contributed by atoms with Crippen molar-refractivity contribution in [2.45, 2.75) is 32.4 Å². The minimum atomic E-state index is -0.189. The molecule has 4 rings (SSSR count). The number of rotatable bonds is 5. The van der Waals surface area contributed by atoms with Gasteiger partial charge in [-0.15, -0.1) is 16.4 Å². The Morgan fingerprint density at radius 3 is 3.15 bits per heavy atom. The van der Waals surface area contributed by atoms with Crippen LogP contribution in [0.1, 0.15) is 19.8 Å². The number of hydrogen-bond donors (Lipinski definition) is 1. The van der Waals surface area contributed by atoms with E-state index in [2.05, 4.69) is 30.7 Å². The maximum Gasteiger partial charge on any atom is 0.247 e. The van der Waals surface area contributed by atoms with Crippen molar-refractivity contribution in [3.05, 3.63) is 35.8 Å². The zero-order chi connectivity index (χ0) is 17.9. The Morgan fingerprint density at radius 1 is 1.42 bits per heavy atom. The zero-order valence-electron chi connectivity index (χ0n) is 14.4. The minimum absolute atomic E-state index is 0.00932. The van der Waals surface area contributed by atoms with Gasteiger partial charge in [0.05, 0.1) is 0 Å². The number of anilines is 2. The number of carbonyl (C=O) groups excluding carboxylic acids is 1. The lowest BCUT2D eigenvalue weighted by molar-refractivity contribution is -0.117. The van der Waals surface area contributed by atoms with E-state index < -0.39 is 0 Å². The molecule has 1 atom stereocenters. The number of hydrogen-bond acceptors (Lipinski definition) is 7. The molecule has 0 aliphatic carbocycles. The number of carbonyl (C=O) groups is 1. The average molecular weight is 369 g/mol. The van der Waals surface area contributed by atoms with E-state index >= 15 is 0 Å². The number of aryl methyl sites for hydroxylation is 1. The summed E-state index contributed by atoms with van der Waals surface area (Å²) in [4.78, 5) is 19.2. The molecule has 1 aliphatic rings. The van der Waals surface area contributed by atoms with Gasteiger partial charge in [0.25, 0.3) is 0 Å². The van der Waals surface area contributed by atoms with Crippen molar-refractivity contribution in [1.29, 1.82) is 0 Å². The predicted molar refractivity (Wildman–Crippen MR) is 100 cm³/mol. The van der Waals surface area contributed by atoms with Gasteiger partial charge in [-0.25, -0.2) is 9.67 Å². The molecule has 0 spiro atoms. The van der Waals surface area contributed by atoms with Gasteiger partial charge in [0.2, 0.25) is 5.91 Å². The first-order chi connectivity index (χ1) is 12.8. The van der Waals surface area contributed by atoms with Gasteiger partial charge in [-0.2, -0.15) is 0 Å². The molecule has 26 heavy (non-hydrogen) atoms. The number of thiazole rings is 1. The Hall–Kier alpha value is -2.81. The van der Waals surface area contributed by atoms with Crippen molar-refractivity contribution in [3.8, 4) is 11.4 Å². The summed E-state index contributed by atoms with van der Waals surface area (Å²) in [5, 5.41) is 17.6. The molecule has 2 aromatic heterocycles. The van der Waals surface area contributed by atoms with Crippen molar-refractivity contribution in [3.63, 3.8) is 0 Å². The lowest BCUT2D eigenvalue weighted by Gasteiger charge is -2.23. The highest BCUT2D eigenvalue weighted by Gasteiger charge is 2.32. The van der Waals surface area contributed by atoms with E-state index in [1.807, 2.05) is 36.6 Å². The topological polar surface area (TPSA) is 88.8 Å². The van der Waals surface area contributed by atoms with E-state index in [0.717, 1.165) is 35.8 Å². The van der Waals surface area contributed by atoms with Crippen LogP contribution in [0.15, 0.2) is 35.8 Å². The second-order valence-corrected chi connectivity index (χ2v) is 6.93. The third kappa shape index (κ3) is 3.17. The summed E-state index contributed by atoms with van der Waals surface area (Å²) in [6, 6.07) is 7.42. The lowest BCUT2D eigenvalue weighted by Crippen LogP contribution is -2.39. The molecule has 0 saturated carbocycles. The quantitative estimate of drug-likeness (QED) is 0.743. The maximum absolute atomic E-state index is 12.8. The van der Waals surface area contributed by atoms with E-state index in [1.54, 1.807) is 22.2 Å². The molecule has 3 aromatic rings. The largest absolute Gasteiger partial charge is 0.336 e. The summed E-state index contributed by atoms with van der Waals surface area (Å²) < 4.78 is 1.72. The third-order valence-corrected chi connectivity index (χ3v) is 5.25. The molecular weight excluding hydrogens is 350 g/mol. The Morgan fingerprint density at radius 2 is 2.35 bits per heavy atom. The van der Waals surface area contributed by atoms with Gasteiger partial charge < -0.3 is 10.2 Å². The molecule has 1 aromatic carbocycles. The minimum Gasteiger partial charge on any atom is -0.336 e. The van der Waals surface area contributed by atoms with Crippen LogP contribution in [0.5, 0.6) is 0 Å². The Kier molecular flexibility index (Phi) is 4.61. The SMILES string of the molecule is CCn1nnnc1-c1cccc(NC(=O)C2CCCN2c2nccs2)c1. The average Bonchev–Trinajstić information content (AvgIpc) is 3.42. The van der Waals surface area contributed by atoms with Gasteiger partial charge in [-0.1, -0.05) is 12.1 Å². The Bertz CT molecular complexity index is 892. The zero-order valence-corrected chi connectivity index (χ0v) is 15.2. The summed E-state index contributed by atoms with van der Waals surface area (Å²) in [7, 11) is 0. The van der Waals surface area contributed by atoms with Crippen molar-refractivity contribution in [2.75, 3.05) is 16.8 Å². The van der Waals surface area contributed by atoms with E-state index in [4.69, 9.17) is 0 Å². The molecule has 9 heteroatoms. The first-order valence-electron chi connectivity index (χ1n) is 8.60. The molecule has 1 N–H and O–H groups in total. The van der Waals surface area contributed by atoms with E-state index in [0.29, 0.717) is 12.4 Å². The third-order valence-electron chi connectivity index (χ3n) is 4.44. The Balaban J connectivity index is 1.52. The fourth-order valence-electron chi connectivity index (χ4n) is 3.21. The molecule has 8 nitrogen and oxygen atoms in total. The van der Waals surface area contributed by atoms with Crippen LogP contribution in [-0.4, -0.2) is 43.7 Å². The number of nitrogens with zero attached hydrogens (tertiary/aromatic N) is 6. The van der Waals surface area contributed by atoms with Crippen molar-refractivity contribution in [2.24, 2.45) is 0 Å². The van der Waals surface area contributed by atoms with Crippen molar-refractivity contribution < 1.29 is 4.79 Å². The molecule has 134 valence electrons. The van der Waals surface area contributed by atoms with Crippen LogP contribution >= 0.6 is 11.3 Å². The van der Waals surface area contributed by atoms with Crippen molar-refractivity contribution in [1.82, 2.24) is 25.2 Å². The molecule has 1 unspecified atom stereocenters. The van der Waals surface area contributed by atoms with Crippen LogP contribution in [-0.2, 0) is 11.3 Å². The van der Waals surface area contributed by atoms with Crippen LogP contribution in [0.2, 0.25) is 0 Å². The molecule has 1 aliphatic heterocycles. The highest BCUT2D eigenvalue weighted by Crippen LogP contribution is 2.28. The smallest absolute Gasteiger partial charge is 0.247 e. The fraction of sp³-hybridized carbons (Fsp3) is 0.353. The van der Waals surface area contributed by atoms with Crippen LogP contribution < -0.4 is 10.2 Å². The highest BCUT2D eigenvalue weighted by atomic mass is 32.1. The molecular formula is C17H19N7OS. The molecule has 1 amide bonds. The van der Waals surface area contributed by atoms with Gasteiger partial charge in [0.1, 0.15) is 6.04 Å². The second-order valence-electron chi connectivity index (χ2n) is 6.05. The number of aromatic nitrogens is 5. The van der Waals surface area contributed by atoms with E-state index in [-0.39, 0.29) is 11.9 Å². The highest BCUT2D eigenvalue weighted by molar-refractivity contribution is 7.13. The summed E-state index contributed by atoms with van der Waals surface area (Å²) in [5.74, 6) is 0.679. The number of amides is 1. The first kappa shape index (κ1) is 16.6. The van der Waals surface area contributed by atoms with Crippen LogP contribution in [0.3, 0.4) is 0 Å². The van der Waals surface area contributed by atoms with E-state index in [9.17, 15) is 4.79 Å². The Labute approximate surface area is 154 Å². The maximum atomic E-state index is 12.8. The van der Waals surface area contributed by atoms with Gasteiger partial charge in [0, 0.05) is 35.9 Å². The second kappa shape index (κ2) is 7.20.